The fourth-order valence-corrected chi connectivity index (χ4v) is 3.21. The van der Waals surface area contributed by atoms with Crippen LogP contribution in [0.4, 0.5) is 0 Å². The van der Waals surface area contributed by atoms with Gasteiger partial charge in [0.05, 0.1) is 12.6 Å². The quantitative estimate of drug-likeness (QED) is 0.339. The van der Waals surface area contributed by atoms with E-state index in [0.717, 1.165) is 29.9 Å². The van der Waals surface area contributed by atoms with E-state index in [-0.39, 0.29) is 0 Å². The Morgan fingerprint density at radius 3 is 1.93 bits per heavy atom. The van der Waals surface area contributed by atoms with Crippen LogP contribution in [-0.4, -0.2) is 12.6 Å². The molecule has 0 aliphatic heterocycles. The Hall–Kier alpha value is -2.00. The molecule has 0 aliphatic rings. The predicted octanol–water partition coefficient (Wildman–Crippen LogP) is 5.69. The lowest BCUT2D eigenvalue weighted by molar-refractivity contribution is -0.309. The molecule has 0 aliphatic carbocycles. The Morgan fingerprint density at radius 1 is 0.893 bits per heavy atom. The average Bonchev–Trinajstić information content (AvgIpc) is 2.70. The number of carboxylic acid groups (broad SMARTS) is 1. The van der Waals surface area contributed by atoms with E-state index in [2.05, 4.69) is 6.92 Å². The van der Waals surface area contributed by atoms with E-state index < -0.39 is 10.8 Å². The molecule has 0 saturated heterocycles. The van der Waals surface area contributed by atoms with Crippen LogP contribution in [0.2, 0.25) is 0 Å². The monoisotopic (exact) mass is 401 g/mol. The predicted molar refractivity (Wildman–Crippen MR) is 114 cm³/mol. The molecule has 2 rings (SSSR count). The molecule has 0 fully saturated rings. The number of unbranched alkanes of at least 4 members (excludes halogenated alkanes) is 6. The van der Waals surface area contributed by atoms with Crippen molar-refractivity contribution >= 4 is 17.6 Å². The van der Waals surface area contributed by atoms with Gasteiger partial charge in [-0.05, 0) is 42.2 Å². The minimum Gasteiger partial charge on any atom is -0.548 e. The molecule has 28 heavy (non-hydrogen) atoms. The summed E-state index contributed by atoms with van der Waals surface area (Å²) in [5, 5.41) is 11.1. The summed E-state index contributed by atoms with van der Waals surface area (Å²) in [7, 11) is 0. The van der Waals surface area contributed by atoms with Gasteiger partial charge in [0.15, 0.2) is 0 Å². The van der Waals surface area contributed by atoms with E-state index in [1.165, 1.54) is 45.4 Å². The highest BCUT2D eigenvalue weighted by atomic mass is 35.5. The summed E-state index contributed by atoms with van der Waals surface area (Å²) < 4.78 is 5.83. The number of ether oxygens (including phenoxy) is 1. The number of hydrogen-bond donors (Lipinski definition) is 0. The molecule has 0 spiro atoms. The molecule has 0 heterocycles. The molecule has 0 N–H and O–H groups in total. The van der Waals surface area contributed by atoms with E-state index in [1.807, 2.05) is 36.4 Å². The second kappa shape index (κ2) is 11.1. The topological polar surface area (TPSA) is 49.4 Å². The van der Waals surface area contributed by atoms with Crippen LogP contribution in [0.1, 0.15) is 64.4 Å². The van der Waals surface area contributed by atoms with E-state index in [4.69, 9.17) is 16.3 Å². The molecule has 0 amide bonds. The Kier molecular flexibility index (Phi) is 8.85. The van der Waals surface area contributed by atoms with Crippen LogP contribution in [0.15, 0.2) is 48.5 Å². The van der Waals surface area contributed by atoms with Gasteiger partial charge in [-0.15, -0.1) is 11.6 Å². The zero-order chi connectivity index (χ0) is 20.4. The SMILES string of the molecule is CCCCCCCCCOc1ccc(-c2ccc(C(C)(Cl)C(=O)[O-])cc2)cc1. The van der Waals surface area contributed by atoms with Crippen LogP contribution >= 0.6 is 11.6 Å². The molecule has 4 heteroatoms. The number of rotatable bonds is 12. The lowest BCUT2D eigenvalue weighted by Gasteiger charge is -2.23. The maximum Gasteiger partial charge on any atom is 0.119 e. The standard InChI is InChI=1S/C24H31ClO3/c1-3-4-5-6-7-8-9-18-28-22-16-12-20(13-17-22)19-10-14-21(15-11-19)24(2,25)23(26)27/h10-17H,3-9,18H2,1-2H3,(H,26,27)/p-1. The number of hydrogen-bond acceptors (Lipinski definition) is 3. The first-order chi connectivity index (χ1) is 13.4. The second-order valence-electron chi connectivity index (χ2n) is 7.36. The van der Waals surface area contributed by atoms with Crippen molar-refractivity contribution in [1.29, 1.82) is 0 Å². The third kappa shape index (κ3) is 6.56. The first-order valence-corrected chi connectivity index (χ1v) is 10.6. The lowest BCUT2D eigenvalue weighted by atomic mass is 9.97. The molecule has 1 atom stereocenters. The van der Waals surface area contributed by atoms with Gasteiger partial charge in [-0.2, -0.15) is 0 Å². The Labute approximate surface area is 173 Å². The van der Waals surface area contributed by atoms with Crippen LogP contribution in [-0.2, 0) is 9.67 Å². The zero-order valence-corrected chi connectivity index (χ0v) is 17.6. The highest BCUT2D eigenvalue weighted by Gasteiger charge is 2.24. The van der Waals surface area contributed by atoms with Gasteiger partial charge in [0.2, 0.25) is 0 Å². The van der Waals surface area contributed by atoms with Crippen molar-refractivity contribution in [3.05, 3.63) is 54.1 Å². The van der Waals surface area contributed by atoms with Crippen LogP contribution in [0.3, 0.4) is 0 Å². The number of carboxylic acids is 1. The Morgan fingerprint density at radius 2 is 1.39 bits per heavy atom. The van der Waals surface area contributed by atoms with Gasteiger partial charge < -0.3 is 14.6 Å². The van der Waals surface area contributed by atoms with Crippen molar-refractivity contribution in [3.63, 3.8) is 0 Å². The lowest BCUT2D eigenvalue weighted by Crippen LogP contribution is -2.39. The molecular weight excluding hydrogens is 372 g/mol. The summed E-state index contributed by atoms with van der Waals surface area (Å²) >= 11 is 6.04. The van der Waals surface area contributed by atoms with Gasteiger partial charge in [-0.3, -0.25) is 0 Å². The summed E-state index contributed by atoms with van der Waals surface area (Å²) in [5.41, 5.74) is 2.54. The number of aliphatic carboxylic acids is 1. The van der Waals surface area contributed by atoms with Gasteiger partial charge >= 0.3 is 0 Å². The molecule has 0 bridgehead atoms. The van der Waals surface area contributed by atoms with Gasteiger partial charge in [-0.25, -0.2) is 0 Å². The second-order valence-corrected chi connectivity index (χ2v) is 8.12. The normalized spacial score (nSPS) is 13.1. The summed E-state index contributed by atoms with van der Waals surface area (Å²) in [5.74, 6) is -0.430. The fourth-order valence-electron chi connectivity index (χ4n) is 3.09. The van der Waals surface area contributed by atoms with Crippen molar-refractivity contribution < 1.29 is 14.6 Å². The van der Waals surface area contributed by atoms with E-state index in [0.29, 0.717) is 5.56 Å². The van der Waals surface area contributed by atoms with Crippen molar-refractivity contribution in [3.8, 4) is 16.9 Å². The fraction of sp³-hybridized carbons (Fsp3) is 0.458. The van der Waals surface area contributed by atoms with Crippen LogP contribution in [0.25, 0.3) is 11.1 Å². The van der Waals surface area contributed by atoms with E-state index in [1.54, 1.807) is 12.1 Å². The number of carbonyl (C=O) groups excluding carboxylic acids is 1. The third-order valence-corrected chi connectivity index (χ3v) is 5.39. The van der Waals surface area contributed by atoms with Crippen molar-refractivity contribution in [2.24, 2.45) is 0 Å². The molecule has 2 aromatic rings. The summed E-state index contributed by atoms with van der Waals surface area (Å²) in [6.07, 6.45) is 8.90. The van der Waals surface area contributed by atoms with Crippen molar-refractivity contribution in [2.75, 3.05) is 6.61 Å². The highest BCUT2D eigenvalue weighted by Crippen LogP contribution is 2.30. The molecule has 2 aromatic carbocycles. The van der Waals surface area contributed by atoms with Gasteiger partial charge in [-0.1, -0.05) is 81.8 Å². The first-order valence-electron chi connectivity index (χ1n) is 10.2. The summed E-state index contributed by atoms with van der Waals surface area (Å²) in [6.45, 7) is 4.41. The highest BCUT2D eigenvalue weighted by molar-refractivity contribution is 6.33. The average molecular weight is 402 g/mol. The maximum absolute atomic E-state index is 11.1. The largest absolute Gasteiger partial charge is 0.548 e. The maximum atomic E-state index is 11.1. The molecule has 0 saturated carbocycles. The van der Waals surface area contributed by atoms with E-state index >= 15 is 0 Å². The molecular formula is C24H30ClO3-. The summed E-state index contributed by atoms with van der Waals surface area (Å²) in [4.78, 5) is 9.62. The third-order valence-electron chi connectivity index (χ3n) is 5.01. The van der Waals surface area contributed by atoms with Crippen LogP contribution < -0.4 is 9.84 Å². The number of halogens is 1. The zero-order valence-electron chi connectivity index (χ0n) is 16.9. The van der Waals surface area contributed by atoms with Crippen LogP contribution in [0.5, 0.6) is 5.75 Å². The number of benzene rings is 2. The van der Waals surface area contributed by atoms with E-state index in [9.17, 15) is 9.90 Å². The first kappa shape index (κ1) is 22.3. The summed E-state index contributed by atoms with van der Waals surface area (Å²) in [6, 6.07) is 15.1. The van der Waals surface area contributed by atoms with Crippen molar-refractivity contribution in [2.45, 2.75) is 63.7 Å². The molecule has 1 unspecified atom stereocenters. The Balaban J connectivity index is 1.81. The smallest absolute Gasteiger partial charge is 0.119 e. The molecule has 0 radical (unpaired) electrons. The minimum atomic E-state index is -1.52. The molecule has 152 valence electrons. The number of carbonyl (C=O) groups is 1. The Bertz CT molecular complexity index is 721. The van der Waals surface area contributed by atoms with Crippen molar-refractivity contribution in [1.82, 2.24) is 0 Å². The van der Waals surface area contributed by atoms with Gasteiger partial charge in [0.1, 0.15) is 10.6 Å². The number of alkyl halides is 1. The van der Waals surface area contributed by atoms with Gasteiger partial charge in [0.25, 0.3) is 0 Å². The van der Waals surface area contributed by atoms with Crippen LogP contribution in [0, 0.1) is 0 Å². The minimum absolute atomic E-state index is 0.507. The molecule has 0 aromatic heterocycles. The van der Waals surface area contributed by atoms with Gasteiger partial charge in [0, 0.05) is 0 Å². The molecule has 3 nitrogen and oxygen atoms in total.